The summed E-state index contributed by atoms with van der Waals surface area (Å²) in [5.41, 5.74) is 3.85. The van der Waals surface area contributed by atoms with Crippen molar-refractivity contribution in [3.05, 3.63) is 0 Å². The molecule has 6 atom stereocenters. The summed E-state index contributed by atoms with van der Waals surface area (Å²) >= 11 is 0. The van der Waals surface area contributed by atoms with Crippen LogP contribution in [0.1, 0.15) is 84.5 Å². The van der Waals surface area contributed by atoms with E-state index in [2.05, 4.69) is 39.4 Å². The van der Waals surface area contributed by atoms with Gasteiger partial charge in [0.15, 0.2) is 0 Å². The highest BCUT2D eigenvalue weighted by Crippen LogP contribution is 2.37. The number of aliphatic hydroxyl groups is 1. The fourth-order valence-corrected chi connectivity index (χ4v) is 8.65. The maximum atomic E-state index is 10.5. The van der Waals surface area contributed by atoms with Crippen molar-refractivity contribution in [2.45, 2.75) is 121 Å². The maximum Gasteiger partial charge on any atom is 0.0741 e. The van der Waals surface area contributed by atoms with Crippen LogP contribution in [0.25, 0.3) is 0 Å². The average Bonchev–Trinajstić information content (AvgIpc) is 3.27. The third-order valence-corrected chi connectivity index (χ3v) is 10.5. The number of hydrazine groups is 1. The van der Waals surface area contributed by atoms with E-state index < -0.39 is 0 Å². The monoisotopic (exact) mass is 505 g/mol. The van der Waals surface area contributed by atoms with Crippen molar-refractivity contribution in [2.75, 3.05) is 53.0 Å². The molecule has 0 spiro atoms. The highest BCUT2D eigenvalue weighted by molar-refractivity contribution is 5.03. The lowest BCUT2D eigenvalue weighted by molar-refractivity contribution is -0.0503. The van der Waals surface area contributed by atoms with Gasteiger partial charge in [0, 0.05) is 62.9 Å². The summed E-state index contributed by atoms with van der Waals surface area (Å²) in [6.07, 6.45) is 14.8. The summed E-state index contributed by atoms with van der Waals surface area (Å²) < 4.78 is 6.10. The molecule has 0 bridgehead atoms. The molecular formula is C29H55N5O2. The zero-order valence-corrected chi connectivity index (χ0v) is 23.5. The van der Waals surface area contributed by atoms with Crippen LogP contribution in [-0.2, 0) is 4.74 Å². The second-order valence-corrected chi connectivity index (χ2v) is 13.3. The summed E-state index contributed by atoms with van der Waals surface area (Å²) in [5, 5.41) is 17.0. The standard InChI is InChI=1S/C29H55N5O2/c1-29(2,21-35)28(24-14-18-34(31-24)23-10-5-4-6-11-23)33-17-8-16-32(19-20-33)27-25(36-3)13-12-22-9-7-15-30-26(22)27/h22-28,30-31,35H,4-21H2,1-3H3. The minimum absolute atomic E-state index is 0.134. The molecule has 208 valence electrons. The Labute approximate surface area is 220 Å². The van der Waals surface area contributed by atoms with E-state index in [9.17, 15) is 5.11 Å². The van der Waals surface area contributed by atoms with E-state index >= 15 is 0 Å². The first-order valence-electron chi connectivity index (χ1n) is 15.4. The highest BCUT2D eigenvalue weighted by atomic mass is 16.5. The number of piperidine rings is 1. The second-order valence-electron chi connectivity index (χ2n) is 13.3. The molecule has 3 aliphatic heterocycles. The predicted molar refractivity (Wildman–Crippen MR) is 146 cm³/mol. The van der Waals surface area contributed by atoms with Gasteiger partial charge in [-0.1, -0.05) is 33.1 Å². The fourth-order valence-electron chi connectivity index (χ4n) is 8.65. The zero-order chi connectivity index (χ0) is 25.1. The summed E-state index contributed by atoms with van der Waals surface area (Å²) in [6, 6.07) is 2.54. The predicted octanol–water partition coefficient (Wildman–Crippen LogP) is 2.84. The molecule has 3 saturated heterocycles. The van der Waals surface area contributed by atoms with Crippen molar-refractivity contribution >= 4 is 0 Å². The van der Waals surface area contributed by atoms with Gasteiger partial charge in [0.05, 0.1) is 12.1 Å². The smallest absolute Gasteiger partial charge is 0.0741 e. The van der Waals surface area contributed by atoms with Gasteiger partial charge in [-0.2, -0.15) is 0 Å². The molecule has 0 aromatic heterocycles. The normalized spacial score (nSPS) is 37.5. The zero-order valence-electron chi connectivity index (χ0n) is 23.5. The van der Waals surface area contributed by atoms with Crippen LogP contribution in [0.3, 0.4) is 0 Å². The Bertz CT molecular complexity index is 687. The third-order valence-electron chi connectivity index (χ3n) is 10.5. The summed E-state index contributed by atoms with van der Waals surface area (Å²) in [7, 11) is 1.93. The molecule has 7 nitrogen and oxygen atoms in total. The van der Waals surface area contributed by atoms with Crippen molar-refractivity contribution in [2.24, 2.45) is 11.3 Å². The van der Waals surface area contributed by atoms with Gasteiger partial charge in [0.1, 0.15) is 0 Å². The summed E-state index contributed by atoms with van der Waals surface area (Å²) in [6.45, 7) is 11.6. The number of rotatable bonds is 7. The molecule has 5 aliphatic rings. The molecule has 0 radical (unpaired) electrons. The second kappa shape index (κ2) is 12.3. The Morgan fingerprint density at radius 1 is 0.889 bits per heavy atom. The van der Waals surface area contributed by atoms with Crippen LogP contribution >= 0.6 is 0 Å². The third kappa shape index (κ3) is 5.83. The topological polar surface area (TPSA) is 63.2 Å². The number of methoxy groups -OCH3 is 1. The molecule has 2 saturated carbocycles. The lowest BCUT2D eigenvalue weighted by Crippen LogP contribution is -2.64. The van der Waals surface area contributed by atoms with Crippen LogP contribution < -0.4 is 10.7 Å². The van der Waals surface area contributed by atoms with E-state index in [0.717, 1.165) is 45.2 Å². The number of hydrogen-bond acceptors (Lipinski definition) is 7. The van der Waals surface area contributed by atoms with Crippen molar-refractivity contribution in [1.82, 2.24) is 25.6 Å². The maximum absolute atomic E-state index is 10.5. The van der Waals surface area contributed by atoms with Crippen molar-refractivity contribution in [1.29, 1.82) is 0 Å². The van der Waals surface area contributed by atoms with Gasteiger partial charge < -0.3 is 15.2 Å². The molecule has 3 heterocycles. The van der Waals surface area contributed by atoms with Crippen molar-refractivity contribution in [3.63, 3.8) is 0 Å². The number of nitrogens with zero attached hydrogens (tertiary/aromatic N) is 3. The van der Waals surface area contributed by atoms with Gasteiger partial charge in [-0.25, -0.2) is 5.01 Å². The van der Waals surface area contributed by atoms with E-state index in [0.29, 0.717) is 36.3 Å². The number of fused-ring (bicyclic) bond motifs is 1. The van der Waals surface area contributed by atoms with Gasteiger partial charge in [-0.05, 0) is 76.9 Å². The molecule has 36 heavy (non-hydrogen) atoms. The van der Waals surface area contributed by atoms with E-state index in [1.165, 1.54) is 70.6 Å². The molecule has 3 N–H and O–H groups in total. The number of nitrogens with one attached hydrogen (secondary N) is 2. The van der Waals surface area contributed by atoms with Gasteiger partial charge in [-0.15, -0.1) is 0 Å². The lowest BCUT2D eigenvalue weighted by atomic mass is 9.74. The number of hydrogen-bond donors (Lipinski definition) is 3. The van der Waals surface area contributed by atoms with Gasteiger partial charge in [0.25, 0.3) is 0 Å². The fraction of sp³-hybridized carbons (Fsp3) is 1.00. The van der Waals surface area contributed by atoms with Crippen LogP contribution in [0.2, 0.25) is 0 Å². The summed E-state index contributed by atoms with van der Waals surface area (Å²) in [4.78, 5) is 5.53. The van der Waals surface area contributed by atoms with Gasteiger partial charge in [0.2, 0.25) is 0 Å². The Kier molecular flexibility index (Phi) is 9.30. The Hall–Kier alpha value is -0.280. The lowest BCUT2D eigenvalue weighted by Gasteiger charge is -2.50. The molecule has 6 unspecified atom stereocenters. The van der Waals surface area contributed by atoms with Crippen LogP contribution in [-0.4, -0.2) is 109 Å². The minimum atomic E-state index is -0.134. The molecule has 0 amide bonds. The molecule has 7 heteroatoms. The SMILES string of the molecule is COC1CCC2CCCNC2C1N1CCCN(C(C2CCN(C3CCCCC3)N2)C(C)(C)CO)CC1. The number of aliphatic hydroxyl groups excluding tert-OH is 1. The Morgan fingerprint density at radius 3 is 2.50 bits per heavy atom. The Balaban J connectivity index is 1.27. The van der Waals surface area contributed by atoms with E-state index in [4.69, 9.17) is 4.74 Å². The largest absolute Gasteiger partial charge is 0.396 e. The van der Waals surface area contributed by atoms with E-state index in [1.807, 2.05) is 7.11 Å². The average molecular weight is 506 g/mol. The first-order chi connectivity index (χ1) is 17.5. The molecule has 5 fully saturated rings. The molecule has 5 rings (SSSR count). The molecule has 0 aromatic carbocycles. The quantitative estimate of drug-likeness (QED) is 0.492. The van der Waals surface area contributed by atoms with Gasteiger partial charge >= 0.3 is 0 Å². The number of ether oxygens (including phenoxy) is 1. The van der Waals surface area contributed by atoms with Crippen LogP contribution in [0.15, 0.2) is 0 Å². The molecular weight excluding hydrogens is 450 g/mol. The van der Waals surface area contributed by atoms with E-state index in [1.54, 1.807) is 0 Å². The first kappa shape index (κ1) is 27.3. The summed E-state index contributed by atoms with van der Waals surface area (Å²) in [5.74, 6) is 0.809. The molecule has 0 aromatic rings. The van der Waals surface area contributed by atoms with Crippen LogP contribution in [0.4, 0.5) is 0 Å². The first-order valence-corrected chi connectivity index (χ1v) is 15.4. The Morgan fingerprint density at radius 2 is 1.72 bits per heavy atom. The van der Waals surface area contributed by atoms with Crippen molar-refractivity contribution in [3.8, 4) is 0 Å². The minimum Gasteiger partial charge on any atom is -0.396 e. The van der Waals surface area contributed by atoms with E-state index in [-0.39, 0.29) is 12.0 Å². The highest BCUT2D eigenvalue weighted by Gasteiger charge is 2.46. The van der Waals surface area contributed by atoms with Crippen LogP contribution in [0.5, 0.6) is 0 Å². The van der Waals surface area contributed by atoms with Crippen molar-refractivity contribution < 1.29 is 9.84 Å². The van der Waals surface area contributed by atoms with Gasteiger partial charge in [-0.3, -0.25) is 15.2 Å². The van der Waals surface area contributed by atoms with Crippen LogP contribution in [0, 0.1) is 11.3 Å². The molecule has 2 aliphatic carbocycles.